The summed E-state index contributed by atoms with van der Waals surface area (Å²) >= 11 is 0. The van der Waals surface area contributed by atoms with Crippen LogP contribution in [0.25, 0.3) is 0 Å². The van der Waals surface area contributed by atoms with E-state index in [9.17, 15) is 9.59 Å². The highest BCUT2D eigenvalue weighted by Gasteiger charge is 2.49. The molecule has 4 saturated heterocycles. The normalized spacial score (nSPS) is 29.1. The summed E-state index contributed by atoms with van der Waals surface area (Å²) in [4.78, 5) is 40.4. The lowest BCUT2D eigenvalue weighted by molar-refractivity contribution is -0.121. The summed E-state index contributed by atoms with van der Waals surface area (Å²) in [7, 11) is 0. The molecule has 4 fully saturated rings. The molecule has 0 radical (unpaired) electrons. The van der Waals surface area contributed by atoms with E-state index in [-0.39, 0.29) is 17.9 Å². The Morgan fingerprint density at radius 2 is 1.84 bits per heavy atom. The molecule has 0 unspecified atom stereocenters. The molecule has 0 spiro atoms. The van der Waals surface area contributed by atoms with Crippen LogP contribution in [0.1, 0.15) is 62.2 Å². The smallest absolute Gasteiger partial charge is 0.255 e. The molecular formula is C29H46N6O2. The second-order valence-electron chi connectivity index (χ2n) is 11.5. The first-order valence-corrected chi connectivity index (χ1v) is 14.8. The third kappa shape index (κ3) is 6.35. The Morgan fingerprint density at radius 1 is 1.05 bits per heavy atom. The van der Waals surface area contributed by atoms with Gasteiger partial charge in [-0.3, -0.25) is 24.4 Å². The van der Waals surface area contributed by atoms with Crippen molar-refractivity contribution in [2.45, 2.75) is 64.0 Å². The summed E-state index contributed by atoms with van der Waals surface area (Å²) in [5.41, 5.74) is 0.687. The number of carbonyl (C=O) groups excluding carboxylic acids is 2. The molecule has 8 heteroatoms. The minimum Gasteiger partial charge on any atom is -0.355 e. The predicted octanol–water partition coefficient (Wildman–Crippen LogP) is 2.32. The summed E-state index contributed by atoms with van der Waals surface area (Å²) in [5.74, 6) is 1.34. The maximum atomic E-state index is 13.7. The van der Waals surface area contributed by atoms with Crippen LogP contribution in [-0.4, -0.2) is 114 Å². The van der Waals surface area contributed by atoms with Crippen LogP contribution in [0.2, 0.25) is 0 Å². The van der Waals surface area contributed by atoms with Gasteiger partial charge >= 0.3 is 0 Å². The molecule has 37 heavy (non-hydrogen) atoms. The molecule has 8 nitrogen and oxygen atoms in total. The van der Waals surface area contributed by atoms with E-state index in [2.05, 4.69) is 36.8 Å². The molecule has 1 aromatic rings. The molecule has 2 amide bonds. The molecule has 4 aliphatic rings. The Hall–Kier alpha value is -2.03. The number of nitrogens with zero attached hydrogens (tertiary/aromatic N) is 5. The third-order valence-electron chi connectivity index (χ3n) is 9.41. The van der Waals surface area contributed by atoms with E-state index in [0.717, 1.165) is 65.2 Å². The summed E-state index contributed by atoms with van der Waals surface area (Å²) < 4.78 is 0. The van der Waals surface area contributed by atoms with Crippen molar-refractivity contribution in [1.29, 1.82) is 0 Å². The second kappa shape index (κ2) is 12.7. The van der Waals surface area contributed by atoms with E-state index in [1.54, 1.807) is 12.4 Å². The Balaban J connectivity index is 1.16. The number of hydrogen-bond acceptors (Lipinski definition) is 6. The molecule has 1 aromatic heterocycles. The lowest BCUT2D eigenvalue weighted by Crippen LogP contribution is -2.65. The van der Waals surface area contributed by atoms with Crippen molar-refractivity contribution in [3.63, 3.8) is 0 Å². The fourth-order valence-electron chi connectivity index (χ4n) is 7.50. The highest BCUT2D eigenvalue weighted by atomic mass is 16.2. The number of rotatable bonds is 9. The van der Waals surface area contributed by atoms with E-state index in [1.807, 2.05) is 12.1 Å². The van der Waals surface area contributed by atoms with Crippen LogP contribution in [0.5, 0.6) is 0 Å². The zero-order valence-electron chi connectivity index (χ0n) is 22.7. The highest BCUT2D eigenvalue weighted by Crippen LogP contribution is 2.43. The number of piperazine rings is 1. The molecule has 1 N–H and O–H groups in total. The quantitative estimate of drug-likeness (QED) is 0.550. The Morgan fingerprint density at radius 3 is 2.59 bits per heavy atom. The van der Waals surface area contributed by atoms with Crippen LogP contribution < -0.4 is 5.32 Å². The van der Waals surface area contributed by atoms with Gasteiger partial charge in [-0.05, 0) is 82.1 Å². The maximum Gasteiger partial charge on any atom is 0.255 e. The summed E-state index contributed by atoms with van der Waals surface area (Å²) in [5, 5.41) is 3.15. The largest absolute Gasteiger partial charge is 0.355 e. The van der Waals surface area contributed by atoms with E-state index in [4.69, 9.17) is 0 Å². The Labute approximate surface area is 222 Å². The number of likely N-dealkylation sites (N-methyl/N-ethyl adjacent to an activating group) is 1. The van der Waals surface area contributed by atoms with Gasteiger partial charge in [0.1, 0.15) is 0 Å². The fraction of sp³-hybridized carbons (Fsp3) is 0.759. The molecule has 0 bridgehead atoms. The zero-order chi connectivity index (χ0) is 25.6. The third-order valence-corrected chi connectivity index (χ3v) is 9.41. The number of pyridine rings is 1. The lowest BCUT2D eigenvalue weighted by atomic mass is 9.69. The number of aromatic nitrogens is 1. The average molecular weight is 511 g/mol. The minimum atomic E-state index is 0.117. The van der Waals surface area contributed by atoms with Gasteiger partial charge in [-0.2, -0.15) is 0 Å². The van der Waals surface area contributed by atoms with Gasteiger partial charge in [0.15, 0.2) is 0 Å². The van der Waals surface area contributed by atoms with E-state index in [1.165, 1.54) is 38.8 Å². The van der Waals surface area contributed by atoms with Crippen molar-refractivity contribution in [3.05, 3.63) is 30.1 Å². The predicted molar refractivity (Wildman–Crippen MR) is 145 cm³/mol. The number of likely N-dealkylation sites (tertiary alicyclic amines) is 1. The first-order valence-electron chi connectivity index (χ1n) is 14.8. The molecule has 5 rings (SSSR count). The topological polar surface area (TPSA) is 72.0 Å². The van der Waals surface area contributed by atoms with Gasteiger partial charge in [-0.25, -0.2) is 0 Å². The number of piperidine rings is 3. The molecule has 204 valence electrons. The number of carbonyl (C=O) groups is 2. The Bertz CT molecular complexity index is 888. The minimum absolute atomic E-state index is 0.117. The van der Waals surface area contributed by atoms with Crippen LogP contribution >= 0.6 is 0 Å². The maximum absolute atomic E-state index is 13.7. The Kier molecular flexibility index (Phi) is 9.10. The highest BCUT2D eigenvalue weighted by molar-refractivity contribution is 5.94. The molecule has 5 heterocycles. The first kappa shape index (κ1) is 26.6. The lowest BCUT2D eigenvalue weighted by Gasteiger charge is -2.57. The molecule has 0 aliphatic carbocycles. The molecule has 4 atom stereocenters. The molecular weight excluding hydrogens is 464 g/mol. The van der Waals surface area contributed by atoms with Crippen LogP contribution in [-0.2, 0) is 4.79 Å². The van der Waals surface area contributed by atoms with Gasteiger partial charge in [0.25, 0.3) is 5.91 Å². The van der Waals surface area contributed by atoms with Gasteiger partial charge in [0, 0.05) is 76.7 Å². The summed E-state index contributed by atoms with van der Waals surface area (Å²) in [6.07, 6.45) is 10.6. The van der Waals surface area contributed by atoms with Crippen LogP contribution in [0.15, 0.2) is 24.5 Å². The molecule has 0 aromatic carbocycles. The van der Waals surface area contributed by atoms with Gasteiger partial charge in [-0.1, -0.05) is 6.92 Å². The van der Waals surface area contributed by atoms with Gasteiger partial charge in [0.05, 0.1) is 5.56 Å². The van der Waals surface area contributed by atoms with Crippen molar-refractivity contribution >= 4 is 11.8 Å². The van der Waals surface area contributed by atoms with Gasteiger partial charge in [0.2, 0.25) is 5.91 Å². The van der Waals surface area contributed by atoms with Crippen molar-refractivity contribution in [1.82, 2.24) is 29.9 Å². The summed E-state index contributed by atoms with van der Waals surface area (Å²) in [6.45, 7) is 12.7. The second-order valence-corrected chi connectivity index (χ2v) is 11.5. The number of nitrogens with one attached hydrogen (secondary N) is 1. The van der Waals surface area contributed by atoms with Crippen molar-refractivity contribution in [3.8, 4) is 0 Å². The van der Waals surface area contributed by atoms with Crippen molar-refractivity contribution < 1.29 is 9.59 Å². The van der Waals surface area contributed by atoms with E-state index < -0.39 is 0 Å². The first-order chi connectivity index (χ1) is 18.1. The van der Waals surface area contributed by atoms with E-state index in [0.29, 0.717) is 29.9 Å². The van der Waals surface area contributed by atoms with Gasteiger partial charge < -0.3 is 15.1 Å². The fourth-order valence-corrected chi connectivity index (χ4v) is 7.50. The van der Waals surface area contributed by atoms with Crippen LogP contribution in [0.4, 0.5) is 0 Å². The molecule has 4 aliphatic heterocycles. The van der Waals surface area contributed by atoms with E-state index >= 15 is 0 Å². The monoisotopic (exact) mass is 510 g/mol. The van der Waals surface area contributed by atoms with Crippen molar-refractivity contribution in [2.75, 3.05) is 65.4 Å². The zero-order valence-corrected chi connectivity index (χ0v) is 22.7. The number of hydrogen-bond donors (Lipinski definition) is 1. The van der Waals surface area contributed by atoms with Crippen LogP contribution in [0.3, 0.4) is 0 Å². The van der Waals surface area contributed by atoms with Crippen molar-refractivity contribution in [2.24, 2.45) is 11.8 Å². The summed E-state index contributed by atoms with van der Waals surface area (Å²) in [6, 6.07) is 4.55. The SMILES string of the molecule is CCN1CCN(CCNC(=O)CCC[C@@H]2[C@H]3CCCN4CCC[C@@H](CN2C(=O)c2cccnc2)[C@@H]34)CC1. The van der Waals surface area contributed by atoms with Crippen LogP contribution in [0, 0.1) is 11.8 Å². The standard InChI is InChI=1S/C29H46N6O2/c1-2-32-17-19-33(20-18-32)16-13-31-27(36)11-3-10-26-25-9-6-15-34-14-5-8-24(28(25)34)22-35(26)29(37)23-7-4-12-30-21-23/h4,7,12,21,24-26,28H,2-3,5-6,8-11,13-20,22H2,1H3,(H,31,36)/t24-,25+,26+,28-/m0/s1. The number of amides is 2. The average Bonchev–Trinajstić information content (AvgIpc) is 2.94. The molecule has 0 saturated carbocycles. The van der Waals surface area contributed by atoms with Gasteiger partial charge in [-0.15, -0.1) is 0 Å².